The summed E-state index contributed by atoms with van der Waals surface area (Å²) in [6.45, 7) is 2.15. The van der Waals surface area contributed by atoms with Gasteiger partial charge in [-0.2, -0.15) is 0 Å². The number of nitrogens with zero attached hydrogens (tertiary/aromatic N) is 4. The zero-order chi connectivity index (χ0) is 18.7. The highest BCUT2D eigenvalue weighted by molar-refractivity contribution is 7.91. The summed E-state index contributed by atoms with van der Waals surface area (Å²) < 4.78 is 23.4. The molecular weight excluding hydrogens is 354 g/mol. The molecule has 0 spiro atoms. The minimum Gasteiger partial charge on any atom is -0.347 e. The van der Waals surface area contributed by atoms with Gasteiger partial charge in [0.05, 0.1) is 11.5 Å². The third-order valence-electron chi connectivity index (χ3n) is 4.35. The van der Waals surface area contributed by atoms with Gasteiger partial charge >= 0.3 is 0 Å². The fraction of sp³-hybridized carbons (Fsp3) is 0.412. The van der Waals surface area contributed by atoms with Crippen molar-refractivity contribution in [3.05, 3.63) is 47.5 Å². The third-order valence-corrected chi connectivity index (χ3v) is 6.10. The highest BCUT2D eigenvalue weighted by Crippen LogP contribution is 2.20. The number of aryl methyl sites for hydroxylation is 1. The van der Waals surface area contributed by atoms with E-state index in [0.29, 0.717) is 24.6 Å². The summed E-state index contributed by atoms with van der Waals surface area (Å²) in [5, 5.41) is 2.82. The molecule has 138 valence electrons. The average Bonchev–Trinajstić information content (AvgIpc) is 2.99. The Labute approximate surface area is 152 Å². The van der Waals surface area contributed by atoms with Gasteiger partial charge in [0.2, 0.25) is 5.95 Å². The van der Waals surface area contributed by atoms with Gasteiger partial charge in [0.25, 0.3) is 5.91 Å². The number of aromatic nitrogens is 3. The lowest BCUT2D eigenvalue weighted by atomic mass is 10.2. The van der Waals surface area contributed by atoms with Crippen LogP contribution in [0.4, 0.5) is 5.95 Å². The molecule has 1 unspecified atom stereocenters. The number of sulfone groups is 1. The fourth-order valence-electron chi connectivity index (χ4n) is 2.84. The van der Waals surface area contributed by atoms with Crippen LogP contribution in [0.1, 0.15) is 28.2 Å². The number of pyridine rings is 1. The van der Waals surface area contributed by atoms with Gasteiger partial charge in [-0.1, -0.05) is 0 Å². The lowest BCUT2D eigenvalue weighted by molar-refractivity contribution is 0.0945. The third kappa shape index (κ3) is 4.34. The summed E-state index contributed by atoms with van der Waals surface area (Å²) in [6, 6.07) is 5.09. The molecule has 3 heterocycles. The molecule has 1 saturated heterocycles. The van der Waals surface area contributed by atoms with Crippen LogP contribution in [0.2, 0.25) is 0 Å². The van der Waals surface area contributed by atoms with Crippen molar-refractivity contribution < 1.29 is 13.2 Å². The maximum Gasteiger partial charge on any atom is 0.270 e. The molecule has 0 bridgehead atoms. The zero-order valence-electron chi connectivity index (χ0n) is 14.7. The molecule has 3 rings (SSSR count). The van der Waals surface area contributed by atoms with Crippen LogP contribution in [0.15, 0.2) is 30.6 Å². The Morgan fingerprint density at radius 2 is 2.04 bits per heavy atom. The Balaban J connectivity index is 1.73. The number of anilines is 1. The number of hydrogen-bond donors (Lipinski definition) is 1. The topological polar surface area (TPSA) is 105 Å². The largest absolute Gasteiger partial charge is 0.347 e. The van der Waals surface area contributed by atoms with Crippen molar-refractivity contribution in [2.24, 2.45) is 0 Å². The van der Waals surface area contributed by atoms with Crippen LogP contribution in [-0.2, 0) is 16.4 Å². The van der Waals surface area contributed by atoms with Gasteiger partial charge in [-0.25, -0.2) is 18.4 Å². The Morgan fingerprint density at radius 1 is 1.31 bits per heavy atom. The van der Waals surface area contributed by atoms with Crippen molar-refractivity contribution in [2.45, 2.75) is 25.9 Å². The molecule has 1 amide bonds. The molecule has 1 N–H and O–H groups in total. The molecule has 0 radical (unpaired) electrons. The van der Waals surface area contributed by atoms with Crippen LogP contribution in [0.25, 0.3) is 0 Å². The number of amides is 1. The zero-order valence-corrected chi connectivity index (χ0v) is 15.5. The molecule has 8 nitrogen and oxygen atoms in total. The van der Waals surface area contributed by atoms with Crippen LogP contribution >= 0.6 is 0 Å². The summed E-state index contributed by atoms with van der Waals surface area (Å²) >= 11 is 0. The number of rotatable bonds is 5. The van der Waals surface area contributed by atoms with Crippen molar-refractivity contribution in [2.75, 3.05) is 23.5 Å². The molecule has 0 saturated carbocycles. The molecule has 1 aliphatic rings. The van der Waals surface area contributed by atoms with Gasteiger partial charge in [-0.15, -0.1) is 0 Å². The lowest BCUT2D eigenvalue weighted by Crippen LogP contribution is -2.34. The van der Waals surface area contributed by atoms with E-state index in [1.807, 2.05) is 12.1 Å². The van der Waals surface area contributed by atoms with Crippen molar-refractivity contribution >= 4 is 21.7 Å². The van der Waals surface area contributed by atoms with E-state index < -0.39 is 9.84 Å². The van der Waals surface area contributed by atoms with Gasteiger partial charge in [-0.3, -0.25) is 9.78 Å². The van der Waals surface area contributed by atoms with Crippen LogP contribution in [-0.4, -0.2) is 53.9 Å². The molecule has 9 heteroatoms. The second-order valence-electron chi connectivity index (χ2n) is 6.40. The quantitative estimate of drug-likeness (QED) is 0.821. The highest BCUT2D eigenvalue weighted by atomic mass is 32.2. The maximum atomic E-state index is 12.4. The predicted octanol–water partition coefficient (Wildman–Crippen LogP) is 0.733. The fourth-order valence-corrected chi connectivity index (χ4v) is 4.62. The Bertz CT molecular complexity index is 902. The van der Waals surface area contributed by atoms with E-state index in [9.17, 15) is 13.2 Å². The molecule has 0 aliphatic carbocycles. The van der Waals surface area contributed by atoms with E-state index in [0.717, 1.165) is 5.56 Å². The number of carbonyl (C=O) groups excluding carboxylic acids is 1. The molecule has 1 atom stereocenters. The van der Waals surface area contributed by atoms with Crippen LogP contribution in [0.3, 0.4) is 0 Å². The van der Waals surface area contributed by atoms with Gasteiger partial charge in [0.1, 0.15) is 5.69 Å². The minimum atomic E-state index is -3.01. The normalized spacial score (nSPS) is 18.5. The highest BCUT2D eigenvalue weighted by Gasteiger charge is 2.32. The monoisotopic (exact) mass is 375 g/mol. The number of nitrogens with one attached hydrogen (secondary N) is 1. The Kier molecular flexibility index (Phi) is 5.17. The molecule has 1 fully saturated rings. The summed E-state index contributed by atoms with van der Waals surface area (Å²) in [4.78, 5) is 26.8. The van der Waals surface area contributed by atoms with Gasteiger partial charge in [0.15, 0.2) is 9.84 Å². The summed E-state index contributed by atoms with van der Waals surface area (Å²) in [5.41, 5.74) is 1.85. The van der Waals surface area contributed by atoms with Crippen LogP contribution < -0.4 is 10.2 Å². The van der Waals surface area contributed by atoms with Crippen LogP contribution in [0.5, 0.6) is 0 Å². The minimum absolute atomic E-state index is 0.0877. The first-order chi connectivity index (χ1) is 12.3. The second-order valence-corrected chi connectivity index (χ2v) is 8.63. The second kappa shape index (κ2) is 7.36. The molecule has 26 heavy (non-hydrogen) atoms. The Morgan fingerprint density at radius 3 is 2.69 bits per heavy atom. The van der Waals surface area contributed by atoms with Gasteiger partial charge < -0.3 is 10.2 Å². The molecule has 2 aromatic rings. The predicted molar refractivity (Wildman–Crippen MR) is 97.6 cm³/mol. The van der Waals surface area contributed by atoms with E-state index in [1.165, 1.54) is 0 Å². The van der Waals surface area contributed by atoms with Crippen molar-refractivity contribution in [1.29, 1.82) is 0 Å². The van der Waals surface area contributed by atoms with Crippen molar-refractivity contribution in [3.63, 3.8) is 0 Å². The van der Waals surface area contributed by atoms with E-state index in [4.69, 9.17) is 0 Å². The van der Waals surface area contributed by atoms with E-state index in [-0.39, 0.29) is 29.1 Å². The first-order valence-corrected chi connectivity index (χ1v) is 10.1. The van der Waals surface area contributed by atoms with Gasteiger partial charge in [0, 0.05) is 37.7 Å². The number of carbonyl (C=O) groups is 1. The summed E-state index contributed by atoms with van der Waals surface area (Å²) in [7, 11) is -1.24. The standard InChI is InChI=1S/C17H21N5O3S/c1-12-9-15(16(23)19-10-13-3-6-18-7-4-13)21-17(20-12)22(2)14-5-8-26(24,25)11-14/h3-4,6-7,9,14H,5,8,10-11H2,1-2H3,(H,19,23). The molecule has 0 aromatic carbocycles. The van der Waals surface area contributed by atoms with Crippen molar-refractivity contribution in [3.8, 4) is 0 Å². The summed E-state index contributed by atoms with van der Waals surface area (Å²) in [6.07, 6.45) is 3.87. The van der Waals surface area contributed by atoms with Crippen molar-refractivity contribution in [1.82, 2.24) is 20.3 Å². The molecule has 1 aliphatic heterocycles. The maximum absolute atomic E-state index is 12.4. The van der Waals surface area contributed by atoms with E-state index >= 15 is 0 Å². The molecular formula is C17H21N5O3S. The first-order valence-electron chi connectivity index (χ1n) is 8.30. The van der Waals surface area contributed by atoms with Gasteiger partial charge in [-0.05, 0) is 37.1 Å². The summed E-state index contributed by atoms with van der Waals surface area (Å²) in [5.74, 6) is 0.319. The first kappa shape index (κ1) is 18.2. The Hall–Kier alpha value is -2.55. The molecule has 2 aromatic heterocycles. The lowest BCUT2D eigenvalue weighted by Gasteiger charge is -2.23. The van der Waals surface area contributed by atoms with E-state index in [2.05, 4.69) is 20.3 Å². The van der Waals surface area contributed by atoms with Crippen LogP contribution in [0, 0.1) is 6.92 Å². The van der Waals surface area contributed by atoms with E-state index in [1.54, 1.807) is 37.3 Å². The number of hydrogen-bond acceptors (Lipinski definition) is 7. The smallest absolute Gasteiger partial charge is 0.270 e. The SMILES string of the molecule is Cc1cc(C(=O)NCc2ccncc2)nc(N(C)C2CCS(=O)(=O)C2)n1. The average molecular weight is 375 g/mol.